The number of carbonyl (C=O) groups is 1. The second-order valence-corrected chi connectivity index (χ2v) is 6.79. The summed E-state index contributed by atoms with van der Waals surface area (Å²) in [5.41, 5.74) is -0.433. The number of rotatable bonds is 7. The molecule has 0 spiro atoms. The van der Waals surface area contributed by atoms with Gasteiger partial charge in [0.2, 0.25) is 0 Å². The molecule has 138 valence electrons. The summed E-state index contributed by atoms with van der Waals surface area (Å²) in [4.78, 5) is 11.7. The van der Waals surface area contributed by atoms with Gasteiger partial charge >= 0.3 is 12.1 Å². The summed E-state index contributed by atoms with van der Waals surface area (Å²) in [6.45, 7) is -0.563. The number of aliphatic hydroxyl groups is 1. The first-order valence-corrected chi connectivity index (χ1v) is 8.40. The Morgan fingerprint density at radius 3 is 2.28 bits per heavy atom. The van der Waals surface area contributed by atoms with Crippen molar-refractivity contribution in [2.24, 2.45) is 11.8 Å². The SMILES string of the molecule is COC(=O)c1ccc(C(O)(C2CC2)C2CC2)c(OCCC(F)(F)F)c1. The fraction of sp³-hybridized carbons (Fsp3) is 0.611. The Balaban J connectivity index is 1.91. The average molecular weight is 358 g/mol. The second-order valence-electron chi connectivity index (χ2n) is 6.79. The highest BCUT2D eigenvalue weighted by Gasteiger charge is 2.55. The van der Waals surface area contributed by atoms with Crippen molar-refractivity contribution in [3.05, 3.63) is 29.3 Å². The molecule has 0 atom stereocenters. The lowest BCUT2D eigenvalue weighted by molar-refractivity contribution is -0.139. The van der Waals surface area contributed by atoms with E-state index in [0.717, 1.165) is 25.7 Å². The van der Waals surface area contributed by atoms with Crippen molar-refractivity contribution in [1.29, 1.82) is 0 Å². The van der Waals surface area contributed by atoms with Crippen molar-refractivity contribution in [3.8, 4) is 5.75 Å². The van der Waals surface area contributed by atoms with E-state index >= 15 is 0 Å². The van der Waals surface area contributed by atoms with Crippen molar-refractivity contribution < 1.29 is 32.5 Å². The largest absolute Gasteiger partial charge is 0.493 e. The van der Waals surface area contributed by atoms with Crippen LogP contribution < -0.4 is 4.74 Å². The topological polar surface area (TPSA) is 55.8 Å². The first-order valence-electron chi connectivity index (χ1n) is 8.40. The maximum atomic E-state index is 12.4. The average Bonchev–Trinajstić information content (AvgIpc) is 3.43. The van der Waals surface area contributed by atoms with Crippen LogP contribution >= 0.6 is 0 Å². The van der Waals surface area contributed by atoms with E-state index in [4.69, 9.17) is 4.74 Å². The predicted octanol–water partition coefficient (Wildman–Crippen LogP) is 3.81. The third kappa shape index (κ3) is 3.92. The number of hydrogen-bond acceptors (Lipinski definition) is 4. The van der Waals surface area contributed by atoms with Crippen molar-refractivity contribution >= 4 is 5.97 Å². The van der Waals surface area contributed by atoms with Crippen LogP contribution in [0.4, 0.5) is 13.2 Å². The molecule has 0 saturated heterocycles. The Kier molecular flexibility index (Phi) is 4.70. The van der Waals surface area contributed by atoms with Gasteiger partial charge in [-0.15, -0.1) is 0 Å². The highest BCUT2D eigenvalue weighted by atomic mass is 19.4. The lowest BCUT2D eigenvalue weighted by Gasteiger charge is -2.31. The predicted molar refractivity (Wildman–Crippen MR) is 83.3 cm³/mol. The maximum Gasteiger partial charge on any atom is 0.392 e. The molecule has 1 aromatic carbocycles. The molecule has 0 amide bonds. The van der Waals surface area contributed by atoms with Crippen LogP contribution in [0.25, 0.3) is 0 Å². The number of esters is 1. The van der Waals surface area contributed by atoms with Crippen LogP contribution in [-0.4, -0.2) is 31.0 Å². The van der Waals surface area contributed by atoms with E-state index < -0.39 is 30.8 Å². The molecule has 2 aliphatic carbocycles. The number of benzene rings is 1. The van der Waals surface area contributed by atoms with E-state index in [1.54, 1.807) is 6.07 Å². The van der Waals surface area contributed by atoms with Crippen molar-refractivity contribution in [2.75, 3.05) is 13.7 Å². The highest BCUT2D eigenvalue weighted by molar-refractivity contribution is 5.90. The van der Waals surface area contributed by atoms with E-state index in [2.05, 4.69) is 4.74 Å². The summed E-state index contributed by atoms with van der Waals surface area (Å²) in [5, 5.41) is 11.3. The minimum absolute atomic E-state index is 0.0916. The molecule has 0 radical (unpaired) electrons. The maximum absolute atomic E-state index is 12.4. The van der Waals surface area contributed by atoms with E-state index in [9.17, 15) is 23.1 Å². The Hall–Kier alpha value is -1.76. The first kappa shape index (κ1) is 18.0. The van der Waals surface area contributed by atoms with Gasteiger partial charge in [0.25, 0.3) is 0 Å². The molecular formula is C18H21F3O4. The molecular weight excluding hydrogens is 337 g/mol. The lowest BCUT2D eigenvalue weighted by atomic mass is 9.83. The monoisotopic (exact) mass is 358 g/mol. The molecule has 2 saturated carbocycles. The quantitative estimate of drug-likeness (QED) is 0.753. The van der Waals surface area contributed by atoms with Crippen LogP contribution in [0.1, 0.15) is 48.0 Å². The Labute approximate surface area is 143 Å². The van der Waals surface area contributed by atoms with Gasteiger partial charge in [0, 0.05) is 5.56 Å². The van der Waals surface area contributed by atoms with E-state index in [-0.39, 0.29) is 23.1 Å². The van der Waals surface area contributed by atoms with Crippen molar-refractivity contribution in [3.63, 3.8) is 0 Å². The Bertz CT molecular complexity index is 636. The minimum atomic E-state index is -4.33. The first-order chi connectivity index (χ1) is 11.8. The number of hydrogen-bond donors (Lipinski definition) is 1. The lowest BCUT2D eigenvalue weighted by Crippen LogP contribution is -2.32. The van der Waals surface area contributed by atoms with Gasteiger partial charge in [0.05, 0.1) is 31.3 Å². The molecule has 2 aliphatic rings. The number of alkyl halides is 3. The van der Waals surface area contributed by atoms with Gasteiger partial charge in [-0.3, -0.25) is 0 Å². The van der Waals surface area contributed by atoms with E-state index in [1.165, 1.54) is 19.2 Å². The molecule has 1 aromatic rings. The molecule has 25 heavy (non-hydrogen) atoms. The van der Waals surface area contributed by atoms with Gasteiger partial charge in [0.15, 0.2) is 0 Å². The molecule has 0 unspecified atom stereocenters. The zero-order valence-corrected chi connectivity index (χ0v) is 13.9. The van der Waals surface area contributed by atoms with Gasteiger partial charge in [-0.1, -0.05) is 6.07 Å². The van der Waals surface area contributed by atoms with Gasteiger partial charge in [-0.05, 0) is 49.7 Å². The van der Waals surface area contributed by atoms with Crippen LogP contribution in [0.5, 0.6) is 5.75 Å². The minimum Gasteiger partial charge on any atom is -0.493 e. The molecule has 0 bridgehead atoms. The second kappa shape index (κ2) is 6.52. The van der Waals surface area contributed by atoms with Gasteiger partial charge in [-0.25, -0.2) is 4.79 Å². The zero-order valence-electron chi connectivity index (χ0n) is 13.9. The summed E-state index contributed by atoms with van der Waals surface area (Å²) in [6, 6.07) is 4.48. The molecule has 3 rings (SSSR count). The van der Waals surface area contributed by atoms with Crippen LogP contribution in [0.3, 0.4) is 0 Å². The van der Waals surface area contributed by atoms with Crippen LogP contribution in [0, 0.1) is 11.8 Å². The van der Waals surface area contributed by atoms with Gasteiger partial charge < -0.3 is 14.6 Å². The molecule has 0 heterocycles. The molecule has 0 aliphatic heterocycles. The van der Waals surface area contributed by atoms with Crippen LogP contribution in [0.2, 0.25) is 0 Å². The zero-order chi connectivity index (χ0) is 18.2. The molecule has 4 nitrogen and oxygen atoms in total. The summed E-state index contributed by atoms with van der Waals surface area (Å²) in [7, 11) is 1.23. The fourth-order valence-corrected chi connectivity index (χ4v) is 3.31. The fourth-order valence-electron chi connectivity index (χ4n) is 3.31. The Morgan fingerprint density at radius 2 is 1.80 bits per heavy atom. The smallest absolute Gasteiger partial charge is 0.392 e. The van der Waals surface area contributed by atoms with Crippen molar-refractivity contribution in [2.45, 2.75) is 43.9 Å². The standard InChI is InChI=1S/C18H21F3O4/c1-24-16(22)11-2-7-14(15(10-11)25-9-8-17(19,20)21)18(23,12-3-4-12)13-5-6-13/h2,7,10,12-13,23H,3-6,8-9H2,1H3. The third-order valence-electron chi connectivity index (χ3n) is 4.88. The summed E-state index contributed by atoms with van der Waals surface area (Å²) in [6.07, 6.45) is -1.90. The normalized spacial score (nSPS) is 18.1. The highest BCUT2D eigenvalue weighted by Crippen LogP contribution is 2.59. The number of ether oxygens (including phenoxy) is 2. The van der Waals surface area contributed by atoms with Crippen LogP contribution in [-0.2, 0) is 10.3 Å². The number of halogens is 3. The third-order valence-corrected chi connectivity index (χ3v) is 4.88. The van der Waals surface area contributed by atoms with E-state index in [0.29, 0.717) is 5.56 Å². The van der Waals surface area contributed by atoms with Crippen molar-refractivity contribution in [1.82, 2.24) is 0 Å². The molecule has 0 aromatic heterocycles. The number of methoxy groups -OCH3 is 1. The molecule has 2 fully saturated rings. The summed E-state index contributed by atoms with van der Waals surface area (Å²) >= 11 is 0. The van der Waals surface area contributed by atoms with E-state index in [1.807, 2.05) is 0 Å². The van der Waals surface area contributed by atoms with Gasteiger partial charge in [-0.2, -0.15) is 13.2 Å². The molecule has 7 heteroatoms. The Morgan fingerprint density at radius 1 is 1.20 bits per heavy atom. The van der Waals surface area contributed by atoms with Crippen LogP contribution in [0.15, 0.2) is 18.2 Å². The number of carbonyl (C=O) groups excluding carboxylic acids is 1. The van der Waals surface area contributed by atoms with Gasteiger partial charge in [0.1, 0.15) is 5.75 Å². The molecule has 1 N–H and O–H groups in total. The summed E-state index contributed by atoms with van der Waals surface area (Å²) in [5.74, 6) is -0.287. The summed E-state index contributed by atoms with van der Waals surface area (Å²) < 4.78 is 47.3.